The van der Waals surface area contributed by atoms with E-state index in [1.165, 1.54) is 71.8 Å². The lowest BCUT2D eigenvalue weighted by atomic mass is 9.57. The van der Waals surface area contributed by atoms with Gasteiger partial charge in [-0.05, 0) is 83.1 Å². The van der Waals surface area contributed by atoms with Crippen molar-refractivity contribution in [3.8, 4) is 0 Å². The van der Waals surface area contributed by atoms with Crippen LogP contribution >= 0.6 is 0 Å². The summed E-state index contributed by atoms with van der Waals surface area (Å²) in [6, 6.07) is 11.0. The zero-order valence-electron chi connectivity index (χ0n) is 22.9. The average Bonchev–Trinajstić information content (AvgIpc) is 2.71. The lowest BCUT2D eigenvalue weighted by molar-refractivity contribution is 0.119. The van der Waals surface area contributed by atoms with Gasteiger partial charge < -0.3 is 10.6 Å². The summed E-state index contributed by atoms with van der Waals surface area (Å²) >= 11 is 0. The number of anilines is 2. The quantitative estimate of drug-likeness (QED) is 0.413. The van der Waals surface area contributed by atoms with E-state index in [1.54, 1.807) is 0 Å². The topological polar surface area (TPSA) is 24.1 Å². The number of fused-ring (bicyclic) bond motifs is 7. The van der Waals surface area contributed by atoms with Crippen molar-refractivity contribution < 1.29 is 0 Å². The molecule has 2 nitrogen and oxygen atoms in total. The average molecular weight is 459 g/mol. The van der Waals surface area contributed by atoms with Gasteiger partial charge in [-0.3, -0.25) is 0 Å². The van der Waals surface area contributed by atoms with Crippen LogP contribution in [0.1, 0.15) is 105 Å². The Morgan fingerprint density at radius 2 is 0.971 bits per heavy atom. The molecule has 2 aromatic carbocycles. The minimum Gasteiger partial charge on any atom is -0.381 e. The normalized spacial score (nSPS) is 34.0. The second-order valence-corrected chi connectivity index (χ2v) is 15.0. The van der Waals surface area contributed by atoms with Crippen molar-refractivity contribution in [1.29, 1.82) is 0 Å². The Balaban J connectivity index is 1.49. The first kappa shape index (κ1) is 22.7. The minimum atomic E-state index is 0.205. The second-order valence-electron chi connectivity index (χ2n) is 15.0. The van der Waals surface area contributed by atoms with Crippen LogP contribution in [0.25, 0.3) is 10.8 Å². The van der Waals surface area contributed by atoms with Crippen molar-refractivity contribution in [3.63, 3.8) is 0 Å². The molecule has 2 fully saturated rings. The van der Waals surface area contributed by atoms with Crippen LogP contribution < -0.4 is 10.6 Å². The molecule has 0 spiro atoms. The number of benzene rings is 2. The maximum absolute atomic E-state index is 4.12. The van der Waals surface area contributed by atoms with E-state index in [0.29, 0.717) is 34.7 Å². The Morgan fingerprint density at radius 3 is 1.35 bits per heavy atom. The first-order valence-corrected chi connectivity index (χ1v) is 13.9. The van der Waals surface area contributed by atoms with Crippen LogP contribution in [0.2, 0.25) is 0 Å². The van der Waals surface area contributed by atoms with E-state index in [9.17, 15) is 0 Å². The SMILES string of the molecule is CC1(C)CC[C@@H]2[C@@H](C1)Nc1c(ccc3c4c(ccc13)C(C)(C)[C@@H]1CCC(C)(C)C[C@H]1N4)C2(C)C. The smallest absolute Gasteiger partial charge is 0.0461 e. The van der Waals surface area contributed by atoms with Gasteiger partial charge in [-0.2, -0.15) is 0 Å². The van der Waals surface area contributed by atoms with Crippen LogP contribution in [0, 0.1) is 22.7 Å². The van der Waals surface area contributed by atoms with Gasteiger partial charge in [0.15, 0.2) is 0 Å². The van der Waals surface area contributed by atoms with Crippen molar-refractivity contribution >= 4 is 22.1 Å². The summed E-state index contributed by atoms with van der Waals surface area (Å²) in [4.78, 5) is 0. The minimum absolute atomic E-state index is 0.205. The molecule has 0 unspecified atom stereocenters. The highest BCUT2D eigenvalue weighted by Crippen LogP contribution is 2.56. The van der Waals surface area contributed by atoms with Crippen LogP contribution in [0.3, 0.4) is 0 Å². The molecular formula is C32H46N2. The number of hydrogen-bond donors (Lipinski definition) is 2. The van der Waals surface area contributed by atoms with Crippen LogP contribution in [0.15, 0.2) is 24.3 Å². The van der Waals surface area contributed by atoms with Crippen LogP contribution in [0.5, 0.6) is 0 Å². The molecule has 0 amide bonds. The molecule has 2 aliphatic heterocycles. The molecule has 184 valence electrons. The van der Waals surface area contributed by atoms with E-state index in [-0.39, 0.29) is 10.8 Å². The third-order valence-corrected chi connectivity index (χ3v) is 10.9. The summed E-state index contributed by atoms with van der Waals surface area (Å²) < 4.78 is 0. The lowest BCUT2D eigenvalue weighted by Gasteiger charge is -2.53. The maximum atomic E-state index is 4.12. The number of nitrogens with one attached hydrogen (secondary N) is 2. The van der Waals surface area contributed by atoms with E-state index in [4.69, 9.17) is 0 Å². The fourth-order valence-corrected chi connectivity index (χ4v) is 8.77. The first-order valence-electron chi connectivity index (χ1n) is 13.9. The Hall–Kier alpha value is -1.70. The molecular weight excluding hydrogens is 412 g/mol. The largest absolute Gasteiger partial charge is 0.381 e. The fourth-order valence-electron chi connectivity index (χ4n) is 8.77. The van der Waals surface area contributed by atoms with Gasteiger partial charge in [-0.25, -0.2) is 0 Å². The van der Waals surface area contributed by atoms with Crippen LogP contribution in [-0.2, 0) is 10.8 Å². The van der Waals surface area contributed by atoms with Crippen LogP contribution in [0.4, 0.5) is 11.4 Å². The summed E-state index contributed by atoms with van der Waals surface area (Å²) in [5.41, 5.74) is 7.14. The monoisotopic (exact) mass is 458 g/mol. The predicted octanol–water partition coefficient (Wildman–Crippen LogP) is 8.64. The van der Waals surface area contributed by atoms with Crippen molar-refractivity contribution in [1.82, 2.24) is 0 Å². The van der Waals surface area contributed by atoms with Gasteiger partial charge in [0, 0.05) is 34.2 Å². The standard InChI is InChI=1S/C32H46N2/c1-29(2)15-13-21-25(17-29)33-27-19-9-12-24-28(20(19)10-11-23(27)31(21,5)6)34-26-18-30(3,4)16-14-22(26)32(24,7)8/h9-12,21-22,25-26,33-34H,13-18H2,1-8H3/t21-,22-,25-,26-/m1/s1. The van der Waals surface area contributed by atoms with Crippen molar-refractivity contribution in [3.05, 3.63) is 35.4 Å². The molecule has 2 N–H and O–H groups in total. The molecule has 2 heteroatoms. The van der Waals surface area contributed by atoms with Gasteiger partial charge in [0.2, 0.25) is 0 Å². The van der Waals surface area contributed by atoms with Gasteiger partial charge in [0.1, 0.15) is 0 Å². The third kappa shape index (κ3) is 3.19. The Morgan fingerprint density at radius 1 is 0.588 bits per heavy atom. The zero-order valence-corrected chi connectivity index (χ0v) is 22.9. The second kappa shape index (κ2) is 6.95. The van der Waals surface area contributed by atoms with E-state index >= 15 is 0 Å². The van der Waals surface area contributed by atoms with E-state index in [2.05, 4.69) is 90.3 Å². The molecule has 0 aromatic heterocycles. The summed E-state index contributed by atoms with van der Waals surface area (Å²) in [7, 11) is 0. The highest BCUT2D eigenvalue weighted by molar-refractivity contribution is 6.05. The molecule has 2 heterocycles. The van der Waals surface area contributed by atoms with E-state index in [0.717, 1.165) is 0 Å². The van der Waals surface area contributed by atoms with E-state index < -0.39 is 0 Å². The van der Waals surface area contributed by atoms with Crippen LogP contribution in [-0.4, -0.2) is 12.1 Å². The molecule has 6 rings (SSSR count). The molecule has 4 aliphatic rings. The summed E-state index contributed by atoms with van der Waals surface area (Å²) in [5, 5.41) is 11.1. The molecule has 4 atom stereocenters. The Bertz CT molecular complexity index is 1060. The fraction of sp³-hybridized carbons (Fsp3) is 0.688. The molecule has 34 heavy (non-hydrogen) atoms. The molecule has 0 bridgehead atoms. The third-order valence-electron chi connectivity index (χ3n) is 10.9. The van der Waals surface area contributed by atoms with Gasteiger partial charge in [-0.15, -0.1) is 0 Å². The van der Waals surface area contributed by atoms with Crippen molar-refractivity contribution in [2.45, 2.75) is 117 Å². The van der Waals surface area contributed by atoms with E-state index in [1.807, 2.05) is 0 Å². The van der Waals surface area contributed by atoms with Gasteiger partial charge >= 0.3 is 0 Å². The van der Waals surface area contributed by atoms with Crippen molar-refractivity contribution in [2.24, 2.45) is 22.7 Å². The number of hydrogen-bond acceptors (Lipinski definition) is 2. The first-order chi connectivity index (χ1) is 15.8. The molecule has 0 saturated heterocycles. The highest BCUT2D eigenvalue weighted by Gasteiger charge is 2.49. The Kier molecular flexibility index (Phi) is 4.65. The summed E-state index contributed by atoms with van der Waals surface area (Å²) in [5.74, 6) is 1.43. The highest BCUT2D eigenvalue weighted by atomic mass is 15.0. The van der Waals surface area contributed by atoms with Crippen molar-refractivity contribution in [2.75, 3.05) is 10.6 Å². The molecule has 2 aliphatic carbocycles. The van der Waals surface area contributed by atoms with Gasteiger partial charge in [-0.1, -0.05) is 79.7 Å². The Labute approximate surface area is 207 Å². The summed E-state index contributed by atoms with van der Waals surface area (Å²) in [6.07, 6.45) is 7.88. The maximum Gasteiger partial charge on any atom is 0.0461 e. The summed E-state index contributed by atoms with van der Waals surface area (Å²) in [6.45, 7) is 19.8. The molecule has 2 saturated carbocycles. The lowest BCUT2D eigenvalue weighted by Crippen LogP contribution is -2.51. The van der Waals surface area contributed by atoms with Gasteiger partial charge in [0.25, 0.3) is 0 Å². The zero-order chi connectivity index (χ0) is 24.3. The van der Waals surface area contributed by atoms with Gasteiger partial charge in [0.05, 0.1) is 0 Å². The predicted molar refractivity (Wildman–Crippen MR) is 147 cm³/mol. The number of rotatable bonds is 0. The molecule has 2 aromatic rings. The molecule has 0 radical (unpaired) electrons.